The monoisotopic (exact) mass is 448 g/mol. The molecular formula is C26H28N2O5. The number of benzene rings is 2. The van der Waals surface area contributed by atoms with Gasteiger partial charge in [0.15, 0.2) is 11.5 Å². The van der Waals surface area contributed by atoms with Crippen molar-refractivity contribution < 1.29 is 23.7 Å². The minimum Gasteiger partial charge on any atom is -0.493 e. The molecule has 0 radical (unpaired) electrons. The molecule has 0 saturated heterocycles. The summed E-state index contributed by atoms with van der Waals surface area (Å²) in [4.78, 5) is 16.7. The summed E-state index contributed by atoms with van der Waals surface area (Å²) >= 11 is 0. The summed E-state index contributed by atoms with van der Waals surface area (Å²) in [6.45, 7) is 5.77. The van der Waals surface area contributed by atoms with Gasteiger partial charge in [0.1, 0.15) is 17.6 Å². The van der Waals surface area contributed by atoms with Crippen molar-refractivity contribution in [2.45, 2.75) is 39.7 Å². The number of hydrogen-bond donors (Lipinski definition) is 1. The lowest BCUT2D eigenvalue weighted by molar-refractivity contribution is 0.111. The van der Waals surface area contributed by atoms with Crippen LogP contribution in [0.2, 0.25) is 0 Å². The van der Waals surface area contributed by atoms with E-state index in [2.05, 4.69) is 16.2 Å². The van der Waals surface area contributed by atoms with E-state index in [4.69, 9.17) is 25.4 Å². The summed E-state index contributed by atoms with van der Waals surface area (Å²) < 4.78 is 22.4. The van der Waals surface area contributed by atoms with E-state index in [0.29, 0.717) is 41.5 Å². The molecule has 0 fully saturated rings. The lowest BCUT2D eigenvalue weighted by atomic mass is 10.1. The number of carbonyl (C=O) groups excluding carboxylic acids is 1. The third-order valence-corrected chi connectivity index (χ3v) is 5.48. The average molecular weight is 449 g/mol. The number of methoxy groups -OCH3 is 2. The quantitative estimate of drug-likeness (QED) is 0.425. The normalized spacial score (nSPS) is 11.4. The number of carbonyl (C=O) groups is 1. The van der Waals surface area contributed by atoms with Crippen LogP contribution in [0, 0.1) is 26.2 Å². The summed E-state index contributed by atoms with van der Waals surface area (Å²) in [6, 6.07) is 9.03. The minimum absolute atomic E-state index is 0.311. The Kier molecular flexibility index (Phi) is 7.62. The van der Waals surface area contributed by atoms with Gasteiger partial charge in [-0.15, -0.1) is 12.3 Å². The van der Waals surface area contributed by atoms with Crippen molar-refractivity contribution in [1.82, 2.24) is 4.98 Å². The second-order valence-electron chi connectivity index (χ2n) is 7.47. The van der Waals surface area contributed by atoms with Gasteiger partial charge in [-0.3, -0.25) is 10.3 Å². The van der Waals surface area contributed by atoms with E-state index in [-0.39, 0.29) is 6.10 Å². The van der Waals surface area contributed by atoms with Gasteiger partial charge in [0.2, 0.25) is 0 Å². The molecule has 3 aromatic rings. The van der Waals surface area contributed by atoms with Gasteiger partial charge in [-0.05, 0) is 55.7 Å². The molecule has 1 amide bonds. The Labute approximate surface area is 194 Å². The van der Waals surface area contributed by atoms with E-state index in [0.717, 1.165) is 22.0 Å². The molecule has 0 aliphatic rings. The first-order valence-electron chi connectivity index (χ1n) is 10.6. The first-order valence-corrected chi connectivity index (χ1v) is 10.6. The van der Waals surface area contributed by atoms with Crippen LogP contribution in [0.1, 0.15) is 30.9 Å². The van der Waals surface area contributed by atoms with Crippen molar-refractivity contribution in [2.75, 3.05) is 19.5 Å². The third-order valence-electron chi connectivity index (χ3n) is 5.48. The molecule has 0 bridgehead atoms. The molecule has 2 aromatic carbocycles. The molecule has 1 N–H and O–H groups in total. The van der Waals surface area contributed by atoms with Crippen LogP contribution in [0.5, 0.6) is 23.0 Å². The number of terminal acetylenes is 1. The van der Waals surface area contributed by atoms with E-state index in [9.17, 15) is 4.79 Å². The van der Waals surface area contributed by atoms with Gasteiger partial charge in [0.05, 0.1) is 19.7 Å². The van der Waals surface area contributed by atoms with Crippen LogP contribution in [0.25, 0.3) is 10.9 Å². The van der Waals surface area contributed by atoms with Crippen molar-refractivity contribution >= 4 is 22.7 Å². The number of aromatic nitrogens is 1. The molecule has 1 aromatic heterocycles. The maximum absolute atomic E-state index is 12.3. The Bertz CT molecular complexity index is 1200. The van der Waals surface area contributed by atoms with E-state index in [1.54, 1.807) is 32.5 Å². The van der Waals surface area contributed by atoms with Gasteiger partial charge < -0.3 is 18.9 Å². The molecular weight excluding hydrogens is 420 g/mol. The molecule has 0 spiro atoms. The van der Waals surface area contributed by atoms with E-state index >= 15 is 0 Å². The van der Waals surface area contributed by atoms with Crippen LogP contribution in [0.15, 0.2) is 36.5 Å². The maximum atomic E-state index is 12.3. The Balaban J connectivity index is 1.86. The molecule has 0 aliphatic carbocycles. The first kappa shape index (κ1) is 23.7. The SMILES string of the molecule is C#CCC(CC)OC(=O)Nc1ccc(Oc2ccnc3cc(OC)c(OC)cc23)c(C)c1C. The van der Waals surface area contributed by atoms with Crippen molar-refractivity contribution in [2.24, 2.45) is 0 Å². The molecule has 172 valence electrons. The Morgan fingerprint density at radius 3 is 2.45 bits per heavy atom. The number of hydrogen-bond acceptors (Lipinski definition) is 6. The molecule has 1 unspecified atom stereocenters. The fourth-order valence-corrected chi connectivity index (χ4v) is 3.39. The molecule has 3 rings (SSSR count). The number of rotatable bonds is 8. The second-order valence-corrected chi connectivity index (χ2v) is 7.47. The fraction of sp³-hybridized carbons (Fsp3) is 0.308. The summed E-state index contributed by atoms with van der Waals surface area (Å²) in [6.07, 6.45) is 7.20. The third kappa shape index (κ3) is 5.29. The van der Waals surface area contributed by atoms with E-state index in [1.807, 2.05) is 39.0 Å². The number of pyridine rings is 1. The zero-order valence-corrected chi connectivity index (χ0v) is 19.5. The predicted molar refractivity (Wildman–Crippen MR) is 128 cm³/mol. The summed E-state index contributed by atoms with van der Waals surface area (Å²) in [5.41, 5.74) is 3.12. The summed E-state index contributed by atoms with van der Waals surface area (Å²) in [5, 5.41) is 3.59. The summed E-state index contributed by atoms with van der Waals surface area (Å²) in [5.74, 6) is 4.99. The lowest BCUT2D eigenvalue weighted by Gasteiger charge is -2.18. The summed E-state index contributed by atoms with van der Waals surface area (Å²) in [7, 11) is 3.17. The van der Waals surface area contributed by atoms with Gasteiger partial charge in [-0.25, -0.2) is 4.79 Å². The highest BCUT2D eigenvalue weighted by atomic mass is 16.6. The number of anilines is 1. The Morgan fingerprint density at radius 2 is 1.79 bits per heavy atom. The minimum atomic E-state index is -0.533. The van der Waals surface area contributed by atoms with Gasteiger partial charge in [0.25, 0.3) is 0 Å². The maximum Gasteiger partial charge on any atom is 0.411 e. The van der Waals surface area contributed by atoms with Crippen LogP contribution in [0.4, 0.5) is 10.5 Å². The topological polar surface area (TPSA) is 78.9 Å². The van der Waals surface area contributed by atoms with Crippen LogP contribution >= 0.6 is 0 Å². The van der Waals surface area contributed by atoms with Gasteiger partial charge in [0, 0.05) is 29.8 Å². The van der Waals surface area contributed by atoms with Crippen LogP contribution in [-0.2, 0) is 4.74 Å². The first-order chi connectivity index (χ1) is 15.9. The Hall–Kier alpha value is -3.92. The highest BCUT2D eigenvalue weighted by molar-refractivity contribution is 5.89. The van der Waals surface area contributed by atoms with Crippen LogP contribution in [-0.4, -0.2) is 31.4 Å². The van der Waals surface area contributed by atoms with Gasteiger partial charge in [-0.2, -0.15) is 0 Å². The van der Waals surface area contributed by atoms with Crippen molar-refractivity contribution in [1.29, 1.82) is 0 Å². The Morgan fingerprint density at radius 1 is 1.06 bits per heavy atom. The zero-order chi connectivity index (χ0) is 24.0. The predicted octanol–water partition coefficient (Wildman–Crippen LogP) is 6.01. The van der Waals surface area contributed by atoms with Gasteiger partial charge >= 0.3 is 6.09 Å². The van der Waals surface area contributed by atoms with Crippen molar-refractivity contribution in [3.8, 4) is 35.3 Å². The van der Waals surface area contributed by atoms with Crippen LogP contribution < -0.4 is 19.5 Å². The molecule has 0 aliphatic heterocycles. The van der Waals surface area contributed by atoms with Crippen molar-refractivity contribution in [3.05, 3.63) is 47.7 Å². The number of amides is 1. The molecule has 1 heterocycles. The number of ether oxygens (including phenoxy) is 4. The average Bonchev–Trinajstić information content (AvgIpc) is 2.82. The number of fused-ring (bicyclic) bond motifs is 1. The van der Waals surface area contributed by atoms with E-state index in [1.165, 1.54) is 0 Å². The smallest absolute Gasteiger partial charge is 0.411 e. The largest absolute Gasteiger partial charge is 0.493 e. The molecule has 7 nitrogen and oxygen atoms in total. The van der Waals surface area contributed by atoms with Crippen molar-refractivity contribution in [3.63, 3.8) is 0 Å². The second kappa shape index (κ2) is 10.6. The van der Waals surface area contributed by atoms with Gasteiger partial charge in [-0.1, -0.05) is 6.92 Å². The molecule has 0 saturated carbocycles. The number of nitrogens with one attached hydrogen (secondary N) is 1. The molecule has 7 heteroatoms. The zero-order valence-electron chi connectivity index (χ0n) is 19.5. The lowest BCUT2D eigenvalue weighted by Crippen LogP contribution is -2.22. The highest BCUT2D eigenvalue weighted by Gasteiger charge is 2.16. The van der Waals surface area contributed by atoms with E-state index < -0.39 is 6.09 Å². The number of nitrogens with zero attached hydrogens (tertiary/aromatic N) is 1. The molecule has 33 heavy (non-hydrogen) atoms. The fourth-order valence-electron chi connectivity index (χ4n) is 3.39. The standard InChI is InChI=1S/C26H28N2O5/c1-7-9-18(8-2)32-26(29)28-20-10-11-22(17(4)16(20)3)33-23-12-13-27-21-15-25(31-6)24(30-5)14-19(21)23/h1,10-15,18H,8-9H2,2-6H3,(H,28,29). The molecule has 1 atom stereocenters. The highest BCUT2D eigenvalue weighted by Crippen LogP contribution is 2.38. The van der Waals surface area contributed by atoms with Crippen LogP contribution in [0.3, 0.4) is 0 Å².